The van der Waals surface area contributed by atoms with Crippen LogP contribution in [0.5, 0.6) is 0 Å². The molecule has 0 saturated carbocycles. The summed E-state index contributed by atoms with van der Waals surface area (Å²) in [6.07, 6.45) is 8.55. The number of piperidine rings is 3. The van der Waals surface area contributed by atoms with Crippen LogP contribution in [0.15, 0.2) is 0 Å². The number of carbonyl (C=O) groups excluding carboxylic acids is 1. The smallest absolute Gasteiger partial charge is 0.225 e. The van der Waals surface area contributed by atoms with Gasteiger partial charge in [-0.3, -0.25) is 4.79 Å². The number of amides is 1. The maximum Gasteiger partial charge on any atom is 0.225 e. The molecule has 0 spiro atoms. The first-order chi connectivity index (χ1) is 10.2. The molecule has 3 rings (SSSR count). The van der Waals surface area contributed by atoms with E-state index < -0.39 is 0 Å². The summed E-state index contributed by atoms with van der Waals surface area (Å²) >= 11 is 0. The average Bonchev–Trinajstić information content (AvgIpc) is 2.55. The van der Waals surface area contributed by atoms with Crippen LogP contribution in [0.25, 0.3) is 0 Å². The highest BCUT2D eigenvalue weighted by atomic mass is 16.2. The van der Waals surface area contributed by atoms with Crippen LogP contribution < -0.4 is 5.32 Å². The topological polar surface area (TPSA) is 35.6 Å². The van der Waals surface area contributed by atoms with Crippen LogP contribution in [0.1, 0.15) is 51.9 Å². The van der Waals surface area contributed by atoms with Gasteiger partial charge < -0.3 is 15.1 Å². The molecule has 0 aliphatic carbocycles. The fourth-order valence-corrected chi connectivity index (χ4v) is 4.35. The highest BCUT2D eigenvalue weighted by molar-refractivity contribution is 5.79. The Morgan fingerprint density at radius 3 is 2.38 bits per heavy atom. The molecule has 3 heterocycles. The second-order valence-electron chi connectivity index (χ2n) is 7.23. The fourth-order valence-electron chi connectivity index (χ4n) is 4.35. The lowest BCUT2D eigenvalue weighted by atomic mass is 9.91. The minimum atomic E-state index is 0.271. The molecular formula is C17H31N3O. The van der Waals surface area contributed by atoms with Crippen LogP contribution in [0.4, 0.5) is 0 Å². The maximum absolute atomic E-state index is 12.7. The van der Waals surface area contributed by atoms with Crippen LogP contribution in [0, 0.1) is 5.92 Å². The number of rotatable bonds is 2. The van der Waals surface area contributed by atoms with E-state index in [9.17, 15) is 4.79 Å². The van der Waals surface area contributed by atoms with Crippen molar-refractivity contribution in [2.75, 3.05) is 32.7 Å². The zero-order chi connectivity index (χ0) is 14.7. The number of hydrogen-bond acceptors (Lipinski definition) is 3. The first kappa shape index (κ1) is 15.3. The van der Waals surface area contributed by atoms with Crippen molar-refractivity contribution in [3.8, 4) is 0 Å². The molecule has 120 valence electrons. The van der Waals surface area contributed by atoms with Gasteiger partial charge in [-0.25, -0.2) is 0 Å². The highest BCUT2D eigenvalue weighted by Crippen LogP contribution is 2.24. The van der Waals surface area contributed by atoms with Crippen molar-refractivity contribution in [2.24, 2.45) is 5.92 Å². The number of carbonyl (C=O) groups is 1. The summed E-state index contributed by atoms with van der Waals surface area (Å²) < 4.78 is 0. The predicted octanol–water partition coefficient (Wildman–Crippen LogP) is 1.85. The molecule has 0 aromatic carbocycles. The Bertz CT molecular complexity index is 346. The zero-order valence-corrected chi connectivity index (χ0v) is 13.5. The molecule has 0 aromatic rings. The van der Waals surface area contributed by atoms with E-state index in [0.717, 1.165) is 38.5 Å². The molecule has 0 bridgehead atoms. The lowest BCUT2D eigenvalue weighted by Gasteiger charge is -2.41. The van der Waals surface area contributed by atoms with Crippen LogP contribution in [0.3, 0.4) is 0 Å². The molecule has 4 nitrogen and oxygen atoms in total. The normalized spacial score (nSPS) is 33.1. The summed E-state index contributed by atoms with van der Waals surface area (Å²) in [7, 11) is 0. The third-order valence-electron chi connectivity index (χ3n) is 5.66. The summed E-state index contributed by atoms with van der Waals surface area (Å²) in [6, 6.07) is 1.24. The number of nitrogens with zero attached hydrogens (tertiary/aromatic N) is 2. The Labute approximate surface area is 129 Å². The van der Waals surface area contributed by atoms with E-state index in [1.807, 2.05) is 0 Å². The monoisotopic (exact) mass is 293 g/mol. The van der Waals surface area contributed by atoms with Crippen molar-refractivity contribution in [2.45, 2.75) is 64.0 Å². The second-order valence-corrected chi connectivity index (χ2v) is 7.23. The zero-order valence-electron chi connectivity index (χ0n) is 13.5. The quantitative estimate of drug-likeness (QED) is 0.844. The summed E-state index contributed by atoms with van der Waals surface area (Å²) in [5, 5.41) is 3.44. The first-order valence-corrected chi connectivity index (χ1v) is 9.00. The van der Waals surface area contributed by atoms with E-state index >= 15 is 0 Å². The number of likely N-dealkylation sites (tertiary alicyclic amines) is 2. The summed E-state index contributed by atoms with van der Waals surface area (Å²) in [6.45, 7) is 7.73. The Kier molecular flexibility index (Phi) is 5.17. The standard InChI is InChI=1S/C17H31N3O/c1-14-13-15(5-8-18-14)17(21)20-11-6-16(7-12-20)19-9-3-2-4-10-19/h14-16,18H,2-13H2,1H3. The van der Waals surface area contributed by atoms with Gasteiger partial charge >= 0.3 is 0 Å². The first-order valence-electron chi connectivity index (χ1n) is 9.00. The van der Waals surface area contributed by atoms with Gasteiger partial charge in [0, 0.05) is 31.1 Å². The molecule has 2 atom stereocenters. The van der Waals surface area contributed by atoms with Crippen molar-refractivity contribution in [3.63, 3.8) is 0 Å². The molecule has 3 aliphatic rings. The van der Waals surface area contributed by atoms with Crippen LogP contribution in [0.2, 0.25) is 0 Å². The summed E-state index contributed by atoms with van der Waals surface area (Å²) in [5.74, 6) is 0.702. The largest absolute Gasteiger partial charge is 0.342 e. The van der Waals surface area contributed by atoms with E-state index in [0.29, 0.717) is 11.9 Å². The molecular weight excluding hydrogens is 262 g/mol. The van der Waals surface area contributed by atoms with Crippen molar-refractivity contribution >= 4 is 5.91 Å². The van der Waals surface area contributed by atoms with Crippen LogP contribution in [-0.2, 0) is 4.79 Å². The van der Waals surface area contributed by atoms with Crippen molar-refractivity contribution in [1.82, 2.24) is 15.1 Å². The van der Waals surface area contributed by atoms with E-state index in [4.69, 9.17) is 0 Å². The Morgan fingerprint density at radius 2 is 1.71 bits per heavy atom. The second kappa shape index (κ2) is 7.10. The van der Waals surface area contributed by atoms with Gasteiger partial charge in [0.25, 0.3) is 0 Å². The third-order valence-corrected chi connectivity index (χ3v) is 5.66. The molecule has 0 radical (unpaired) electrons. The maximum atomic E-state index is 12.7. The minimum Gasteiger partial charge on any atom is -0.342 e. The van der Waals surface area contributed by atoms with Gasteiger partial charge in [-0.05, 0) is 65.1 Å². The van der Waals surface area contributed by atoms with Gasteiger partial charge in [0.15, 0.2) is 0 Å². The molecule has 0 aromatic heterocycles. The van der Waals surface area contributed by atoms with E-state index in [2.05, 4.69) is 22.0 Å². The Morgan fingerprint density at radius 1 is 1.00 bits per heavy atom. The fraction of sp³-hybridized carbons (Fsp3) is 0.941. The lowest BCUT2D eigenvalue weighted by molar-refractivity contribution is -0.138. The summed E-state index contributed by atoms with van der Waals surface area (Å²) in [5.41, 5.74) is 0. The molecule has 3 aliphatic heterocycles. The Balaban J connectivity index is 1.47. The molecule has 3 fully saturated rings. The SMILES string of the molecule is CC1CC(C(=O)N2CCC(N3CCCCC3)CC2)CCN1. The molecule has 2 unspecified atom stereocenters. The van der Waals surface area contributed by atoms with Crippen LogP contribution in [-0.4, -0.2) is 60.5 Å². The minimum absolute atomic E-state index is 0.271. The number of hydrogen-bond donors (Lipinski definition) is 1. The highest BCUT2D eigenvalue weighted by Gasteiger charge is 2.32. The Hall–Kier alpha value is -0.610. The molecule has 3 saturated heterocycles. The molecule has 1 N–H and O–H groups in total. The lowest BCUT2D eigenvalue weighted by Crippen LogP contribution is -2.50. The van der Waals surface area contributed by atoms with Gasteiger partial charge in [0.1, 0.15) is 0 Å². The van der Waals surface area contributed by atoms with E-state index in [1.165, 1.54) is 45.2 Å². The van der Waals surface area contributed by atoms with E-state index in [1.54, 1.807) is 0 Å². The molecule has 1 amide bonds. The number of nitrogens with one attached hydrogen (secondary N) is 1. The molecule has 21 heavy (non-hydrogen) atoms. The molecule has 4 heteroatoms. The van der Waals surface area contributed by atoms with Crippen LogP contribution >= 0.6 is 0 Å². The van der Waals surface area contributed by atoms with Crippen molar-refractivity contribution < 1.29 is 4.79 Å². The van der Waals surface area contributed by atoms with E-state index in [-0.39, 0.29) is 5.92 Å². The van der Waals surface area contributed by atoms with Gasteiger partial charge in [0.2, 0.25) is 5.91 Å². The van der Waals surface area contributed by atoms with Gasteiger partial charge in [-0.2, -0.15) is 0 Å². The van der Waals surface area contributed by atoms with Gasteiger partial charge in [-0.1, -0.05) is 6.42 Å². The van der Waals surface area contributed by atoms with Crippen molar-refractivity contribution in [3.05, 3.63) is 0 Å². The average molecular weight is 293 g/mol. The van der Waals surface area contributed by atoms with Crippen molar-refractivity contribution in [1.29, 1.82) is 0 Å². The summed E-state index contributed by atoms with van der Waals surface area (Å²) in [4.78, 5) is 17.5. The third kappa shape index (κ3) is 3.78. The predicted molar refractivity (Wildman–Crippen MR) is 85.2 cm³/mol. The van der Waals surface area contributed by atoms with Gasteiger partial charge in [0.05, 0.1) is 0 Å². The van der Waals surface area contributed by atoms with Gasteiger partial charge in [-0.15, -0.1) is 0 Å².